The lowest BCUT2D eigenvalue weighted by atomic mass is 10.1. The van der Waals surface area contributed by atoms with E-state index in [9.17, 15) is 22.8 Å². The molecule has 6 nitrogen and oxygen atoms in total. The number of urea groups is 1. The smallest absolute Gasteiger partial charge is 0.416 e. The Bertz CT molecular complexity index is 603. The van der Waals surface area contributed by atoms with Gasteiger partial charge in [-0.3, -0.25) is 4.79 Å². The summed E-state index contributed by atoms with van der Waals surface area (Å²) < 4.78 is 44.8. The Balaban J connectivity index is 2.90. The first-order valence-corrected chi connectivity index (χ1v) is 7.21. The van der Waals surface area contributed by atoms with Gasteiger partial charge >= 0.3 is 12.2 Å². The summed E-state index contributed by atoms with van der Waals surface area (Å²) in [5, 5.41) is 4.47. The van der Waals surface area contributed by atoms with E-state index in [0.717, 1.165) is 6.07 Å². The molecule has 24 heavy (non-hydrogen) atoms. The van der Waals surface area contributed by atoms with Crippen LogP contribution in [-0.2, 0) is 17.5 Å². The molecule has 0 aliphatic rings. The number of primary amides is 1. The highest BCUT2D eigenvalue weighted by atomic mass is 19.4. The minimum atomic E-state index is -4.59. The number of rotatable bonds is 6. The highest BCUT2D eigenvalue weighted by molar-refractivity contribution is 5.86. The molecule has 0 aliphatic heterocycles. The van der Waals surface area contributed by atoms with Crippen LogP contribution in [0.4, 0.5) is 18.0 Å². The van der Waals surface area contributed by atoms with Crippen LogP contribution >= 0.6 is 0 Å². The molecule has 0 saturated carbocycles. The number of benzene rings is 1. The number of hydrogen-bond donors (Lipinski definition) is 3. The largest absolute Gasteiger partial charge is 0.491 e. The summed E-state index contributed by atoms with van der Waals surface area (Å²) in [7, 11) is 0. The fourth-order valence-electron chi connectivity index (χ4n) is 1.93. The van der Waals surface area contributed by atoms with E-state index in [-0.39, 0.29) is 24.0 Å². The molecule has 0 saturated heterocycles. The monoisotopic (exact) mass is 347 g/mol. The summed E-state index contributed by atoms with van der Waals surface area (Å²) in [6.45, 7) is 4.42. The first-order chi connectivity index (χ1) is 11.0. The second kappa shape index (κ2) is 7.89. The maximum Gasteiger partial charge on any atom is 0.416 e. The van der Waals surface area contributed by atoms with Gasteiger partial charge in [0.2, 0.25) is 5.91 Å². The lowest BCUT2D eigenvalue weighted by molar-refractivity contribution is -0.138. The maximum atomic E-state index is 13.2. The average molecular weight is 347 g/mol. The van der Waals surface area contributed by atoms with Crippen LogP contribution < -0.4 is 21.1 Å². The van der Waals surface area contributed by atoms with Crippen LogP contribution in [0, 0.1) is 0 Å². The lowest BCUT2D eigenvalue weighted by Crippen LogP contribution is -2.46. The van der Waals surface area contributed by atoms with Gasteiger partial charge in [-0.25, -0.2) is 4.79 Å². The van der Waals surface area contributed by atoms with E-state index in [0.29, 0.717) is 0 Å². The van der Waals surface area contributed by atoms with E-state index >= 15 is 0 Å². The molecule has 0 bridgehead atoms. The SMILES string of the molecule is CC(C)Oc1ccc(CNC(=O)[C@H](C)NC(N)=O)c(C(F)(F)F)c1. The first-order valence-electron chi connectivity index (χ1n) is 7.21. The van der Waals surface area contributed by atoms with Crippen LogP contribution in [0.15, 0.2) is 18.2 Å². The van der Waals surface area contributed by atoms with Crippen molar-refractivity contribution in [2.24, 2.45) is 5.73 Å². The van der Waals surface area contributed by atoms with Crippen LogP contribution in [-0.4, -0.2) is 24.1 Å². The quantitative estimate of drug-likeness (QED) is 0.736. The summed E-state index contributed by atoms with van der Waals surface area (Å²) in [6.07, 6.45) is -4.86. The topological polar surface area (TPSA) is 93.4 Å². The number of nitrogens with one attached hydrogen (secondary N) is 2. The van der Waals surface area contributed by atoms with Gasteiger partial charge in [-0.05, 0) is 38.5 Å². The van der Waals surface area contributed by atoms with E-state index in [1.807, 2.05) is 0 Å². The van der Waals surface area contributed by atoms with E-state index in [4.69, 9.17) is 10.5 Å². The van der Waals surface area contributed by atoms with E-state index in [1.165, 1.54) is 19.1 Å². The predicted octanol–water partition coefficient (Wildman–Crippen LogP) is 2.17. The molecular weight excluding hydrogens is 327 g/mol. The van der Waals surface area contributed by atoms with Gasteiger partial charge < -0.3 is 21.1 Å². The molecule has 1 rings (SSSR count). The summed E-state index contributed by atoms with van der Waals surface area (Å²) in [6, 6.07) is 1.69. The van der Waals surface area contributed by atoms with Crippen molar-refractivity contribution in [3.05, 3.63) is 29.3 Å². The number of carbonyl (C=O) groups is 2. The Morgan fingerprint density at radius 3 is 2.38 bits per heavy atom. The molecule has 0 aromatic heterocycles. The van der Waals surface area contributed by atoms with Crippen molar-refractivity contribution in [1.29, 1.82) is 0 Å². The molecule has 0 aliphatic carbocycles. The summed E-state index contributed by atoms with van der Waals surface area (Å²) in [4.78, 5) is 22.4. The first kappa shape index (κ1) is 19.6. The number of amides is 3. The lowest BCUT2D eigenvalue weighted by Gasteiger charge is -2.18. The zero-order valence-corrected chi connectivity index (χ0v) is 13.5. The summed E-state index contributed by atoms with van der Waals surface area (Å²) >= 11 is 0. The zero-order chi connectivity index (χ0) is 18.5. The Morgan fingerprint density at radius 2 is 1.88 bits per heavy atom. The van der Waals surface area contributed by atoms with Crippen molar-refractivity contribution < 1.29 is 27.5 Å². The van der Waals surface area contributed by atoms with Gasteiger partial charge in [-0.1, -0.05) is 6.07 Å². The van der Waals surface area contributed by atoms with Crippen molar-refractivity contribution in [2.45, 2.75) is 45.6 Å². The number of halogens is 3. The van der Waals surface area contributed by atoms with E-state index in [1.54, 1.807) is 13.8 Å². The minimum absolute atomic E-state index is 0.0937. The van der Waals surface area contributed by atoms with Gasteiger partial charge in [-0.15, -0.1) is 0 Å². The molecule has 9 heteroatoms. The van der Waals surface area contributed by atoms with Crippen LogP contribution in [0.25, 0.3) is 0 Å². The Hall–Kier alpha value is -2.45. The third kappa shape index (κ3) is 5.98. The van der Waals surface area contributed by atoms with Gasteiger partial charge in [0.25, 0.3) is 0 Å². The van der Waals surface area contributed by atoms with Crippen molar-refractivity contribution in [3.63, 3.8) is 0 Å². The Morgan fingerprint density at radius 1 is 1.25 bits per heavy atom. The highest BCUT2D eigenvalue weighted by Crippen LogP contribution is 2.34. The molecule has 4 N–H and O–H groups in total. The minimum Gasteiger partial charge on any atom is -0.491 e. The van der Waals surface area contributed by atoms with Crippen molar-refractivity contribution in [2.75, 3.05) is 0 Å². The van der Waals surface area contributed by atoms with Gasteiger partial charge in [0, 0.05) is 6.54 Å². The molecule has 1 atom stereocenters. The normalized spacial score (nSPS) is 12.6. The standard InChI is InChI=1S/C15H20F3N3O3/c1-8(2)24-11-5-4-10(12(6-11)15(16,17)18)7-20-13(22)9(3)21-14(19)23/h4-6,8-9H,7H2,1-3H3,(H,20,22)(H3,19,21,23)/t9-/m0/s1. The molecule has 0 heterocycles. The summed E-state index contributed by atoms with van der Waals surface area (Å²) in [5.74, 6) is -0.555. The van der Waals surface area contributed by atoms with Gasteiger partial charge in [-0.2, -0.15) is 13.2 Å². The second-order valence-corrected chi connectivity index (χ2v) is 5.43. The summed E-state index contributed by atoms with van der Waals surface area (Å²) in [5.41, 5.74) is 3.88. The van der Waals surface area contributed by atoms with Crippen molar-refractivity contribution in [3.8, 4) is 5.75 Å². The van der Waals surface area contributed by atoms with E-state index < -0.39 is 29.7 Å². The molecule has 0 spiro atoms. The molecule has 0 fully saturated rings. The fourth-order valence-corrected chi connectivity index (χ4v) is 1.93. The third-order valence-corrected chi connectivity index (χ3v) is 2.96. The molecule has 0 unspecified atom stereocenters. The fraction of sp³-hybridized carbons (Fsp3) is 0.467. The molecule has 0 radical (unpaired) electrons. The van der Waals surface area contributed by atoms with Crippen molar-refractivity contribution >= 4 is 11.9 Å². The number of carbonyl (C=O) groups excluding carboxylic acids is 2. The third-order valence-electron chi connectivity index (χ3n) is 2.96. The van der Waals surface area contributed by atoms with Gasteiger partial charge in [0.1, 0.15) is 11.8 Å². The van der Waals surface area contributed by atoms with Gasteiger partial charge in [0.15, 0.2) is 0 Å². The predicted molar refractivity (Wildman–Crippen MR) is 81.2 cm³/mol. The highest BCUT2D eigenvalue weighted by Gasteiger charge is 2.34. The zero-order valence-electron chi connectivity index (χ0n) is 13.5. The van der Waals surface area contributed by atoms with Crippen LogP contribution in [0.5, 0.6) is 5.75 Å². The molecule has 3 amide bonds. The number of alkyl halides is 3. The number of ether oxygens (including phenoxy) is 1. The molecular formula is C15H20F3N3O3. The second-order valence-electron chi connectivity index (χ2n) is 5.43. The maximum absolute atomic E-state index is 13.2. The Labute approximate surface area is 137 Å². The molecule has 1 aromatic carbocycles. The molecule has 134 valence electrons. The Kier molecular flexibility index (Phi) is 6.44. The van der Waals surface area contributed by atoms with Crippen LogP contribution in [0.2, 0.25) is 0 Å². The number of hydrogen-bond acceptors (Lipinski definition) is 3. The van der Waals surface area contributed by atoms with Crippen LogP contribution in [0.3, 0.4) is 0 Å². The van der Waals surface area contributed by atoms with E-state index in [2.05, 4.69) is 10.6 Å². The average Bonchev–Trinajstić information content (AvgIpc) is 2.43. The van der Waals surface area contributed by atoms with Crippen LogP contribution in [0.1, 0.15) is 31.9 Å². The van der Waals surface area contributed by atoms with Crippen molar-refractivity contribution in [1.82, 2.24) is 10.6 Å². The van der Waals surface area contributed by atoms with Gasteiger partial charge in [0.05, 0.1) is 11.7 Å². The molecule has 1 aromatic rings. The number of nitrogens with two attached hydrogens (primary N) is 1.